The molecule has 1 aliphatic rings. The number of aromatic nitrogens is 3. The van der Waals surface area contributed by atoms with Gasteiger partial charge in [-0.2, -0.15) is 5.26 Å². The Morgan fingerprint density at radius 3 is 2.81 bits per heavy atom. The standard InChI is InChI=1S/C21H21N5O/c1-16-5-7-17(8-6-16)13-25-9-10-27-21(25)20-15-26(24-23-20)14-19-4-2-3-18(11-19)12-22/h2-8,11,15,21H,9-10,13-14H2,1H3/t21-/m1/s1. The summed E-state index contributed by atoms with van der Waals surface area (Å²) in [4.78, 5) is 2.27. The van der Waals surface area contributed by atoms with Gasteiger partial charge in [0.2, 0.25) is 0 Å². The Morgan fingerprint density at radius 1 is 1.15 bits per heavy atom. The summed E-state index contributed by atoms with van der Waals surface area (Å²) in [6.07, 6.45) is 1.75. The van der Waals surface area contributed by atoms with Crippen LogP contribution >= 0.6 is 0 Å². The van der Waals surface area contributed by atoms with E-state index in [0.717, 1.165) is 24.3 Å². The van der Waals surface area contributed by atoms with Crippen LogP contribution in [0.5, 0.6) is 0 Å². The van der Waals surface area contributed by atoms with Crippen LogP contribution in [0.2, 0.25) is 0 Å². The van der Waals surface area contributed by atoms with Crippen molar-refractivity contribution in [1.29, 1.82) is 5.26 Å². The van der Waals surface area contributed by atoms with Gasteiger partial charge in [0.25, 0.3) is 0 Å². The molecule has 2 aromatic carbocycles. The summed E-state index contributed by atoms with van der Waals surface area (Å²) in [6.45, 7) is 5.05. The maximum atomic E-state index is 9.03. The summed E-state index contributed by atoms with van der Waals surface area (Å²) in [6, 6.07) is 18.3. The Bertz CT molecular complexity index is 957. The summed E-state index contributed by atoms with van der Waals surface area (Å²) in [7, 11) is 0. The number of benzene rings is 2. The van der Waals surface area contributed by atoms with Crippen molar-refractivity contribution in [3.63, 3.8) is 0 Å². The first-order valence-corrected chi connectivity index (χ1v) is 9.01. The second-order valence-corrected chi connectivity index (χ2v) is 6.83. The number of hydrogen-bond acceptors (Lipinski definition) is 5. The Balaban J connectivity index is 1.46. The number of ether oxygens (including phenoxy) is 1. The Morgan fingerprint density at radius 2 is 2.00 bits per heavy atom. The van der Waals surface area contributed by atoms with Crippen LogP contribution in [-0.2, 0) is 17.8 Å². The zero-order chi connectivity index (χ0) is 18.6. The number of aryl methyl sites for hydroxylation is 1. The first kappa shape index (κ1) is 17.4. The molecule has 27 heavy (non-hydrogen) atoms. The molecule has 1 saturated heterocycles. The summed E-state index contributed by atoms with van der Waals surface area (Å²) in [5, 5.41) is 17.6. The molecule has 0 amide bonds. The minimum Gasteiger partial charge on any atom is -0.356 e. The van der Waals surface area contributed by atoms with E-state index < -0.39 is 0 Å². The molecule has 1 aromatic heterocycles. The van der Waals surface area contributed by atoms with E-state index in [-0.39, 0.29) is 6.23 Å². The zero-order valence-electron chi connectivity index (χ0n) is 15.2. The second-order valence-electron chi connectivity index (χ2n) is 6.83. The molecule has 0 spiro atoms. The van der Waals surface area contributed by atoms with Crippen molar-refractivity contribution in [3.05, 3.63) is 82.7 Å². The van der Waals surface area contributed by atoms with E-state index in [1.54, 1.807) is 10.7 Å². The first-order valence-electron chi connectivity index (χ1n) is 9.01. The molecule has 0 bridgehead atoms. The van der Waals surface area contributed by atoms with Crippen LogP contribution in [0.25, 0.3) is 0 Å². The second kappa shape index (κ2) is 7.70. The van der Waals surface area contributed by atoms with Gasteiger partial charge in [0.15, 0.2) is 6.23 Å². The summed E-state index contributed by atoms with van der Waals surface area (Å²) < 4.78 is 7.70. The molecule has 6 heteroatoms. The average molecular weight is 359 g/mol. The van der Waals surface area contributed by atoms with Crippen molar-refractivity contribution >= 4 is 0 Å². The molecule has 0 radical (unpaired) electrons. The minimum atomic E-state index is -0.175. The summed E-state index contributed by atoms with van der Waals surface area (Å²) in [5.41, 5.74) is 5.01. The molecule has 4 rings (SSSR count). The van der Waals surface area contributed by atoms with E-state index in [1.165, 1.54) is 11.1 Å². The van der Waals surface area contributed by atoms with E-state index in [1.807, 2.05) is 24.4 Å². The van der Waals surface area contributed by atoms with Crippen LogP contribution in [0.3, 0.4) is 0 Å². The van der Waals surface area contributed by atoms with Gasteiger partial charge < -0.3 is 4.74 Å². The SMILES string of the molecule is Cc1ccc(CN2CCO[C@@H]2c2cn(Cc3cccc(C#N)c3)nn2)cc1. The van der Waals surface area contributed by atoms with E-state index in [0.29, 0.717) is 18.7 Å². The van der Waals surface area contributed by atoms with Crippen molar-refractivity contribution in [2.45, 2.75) is 26.2 Å². The van der Waals surface area contributed by atoms with Crippen LogP contribution in [-0.4, -0.2) is 33.0 Å². The Hall–Kier alpha value is -3.01. The fraction of sp³-hybridized carbons (Fsp3) is 0.286. The number of rotatable bonds is 5. The van der Waals surface area contributed by atoms with Gasteiger partial charge in [-0.25, -0.2) is 4.68 Å². The van der Waals surface area contributed by atoms with E-state index in [2.05, 4.69) is 52.5 Å². The highest BCUT2D eigenvalue weighted by molar-refractivity contribution is 5.32. The summed E-state index contributed by atoms with van der Waals surface area (Å²) in [5.74, 6) is 0. The van der Waals surface area contributed by atoms with Crippen molar-refractivity contribution in [2.24, 2.45) is 0 Å². The lowest BCUT2D eigenvalue weighted by molar-refractivity contribution is 0.0252. The minimum absolute atomic E-state index is 0.175. The molecule has 2 heterocycles. The monoisotopic (exact) mass is 359 g/mol. The Kier molecular flexibility index (Phi) is 4.97. The molecule has 0 saturated carbocycles. The van der Waals surface area contributed by atoms with Gasteiger partial charge in [-0.15, -0.1) is 5.10 Å². The van der Waals surface area contributed by atoms with Gasteiger partial charge in [0.05, 0.1) is 31.0 Å². The third-order valence-electron chi connectivity index (χ3n) is 4.70. The number of nitrogens with zero attached hydrogens (tertiary/aromatic N) is 5. The average Bonchev–Trinajstić information content (AvgIpc) is 3.33. The van der Waals surface area contributed by atoms with E-state index >= 15 is 0 Å². The molecule has 3 aromatic rings. The van der Waals surface area contributed by atoms with Gasteiger partial charge in [-0.05, 0) is 30.2 Å². The molecule has 6 nitrogen and oxygen atoms in total. The lowest BCUT2D eigenvalue weighted by Gasteiger charge is -2.21. The molecule has 1 atom stereocenters. The van der Waals surface area contributed by atoms with Crippen LogP contribution in [0, 0.1) is 18.3 Å². The number of nitriles is 1. The third-order valence-corrected chi connectivity index (χ3v) is 4.70. The van der Waals surface area contributed by atoms with Gasteiger partial charge in [-0.3, -0.25) is 4.90 Å². The first-order chi connectivity index (χ1) is 13.2. The molecule has 1 fully saturated rings. The smallest absolute Gasteiger partial charge is 0.157 e. The third kappa shape index (κ3) is 4.05. The van der Waals surface area contributed by atoms with Gasteiger partial charge in [0.1, 0.15) is 5.69 Å². The molecule has 136 valence electrons. The van der Waals surface area contributed by atoms with Crippen molar-refractivity contribution in [2.75, 3.05) is 13.2 Å². The quantitative estimate of drug-likeness (QED) is 0.700. The normalized spacial score (nSPS) is 17.1. The predicted molar refractivity (Wildman–Crippen MR) is 101 cm³/mol. The van der Waals surface area contributed by atoms with Crippen molar-refractivity contribution < 1.29 is 4.74 Å². The van der Waals surface area contributed by atoms with Crippen LogP contribution in [0.4, 0.5) is 0 Å². The maximum Gasteiger partial charge on any atom is 0.157 e. The molecule has 0 unspecified atom stereocenters. The maximum absolute atomic E-state index is 9.03. The lowest BCUT2D eigenvalue weighted by atomic mass is 10.1. The van der Waals surface area contributed by atoms with Crippen molar-refractivity contribution in [3.8, 4) is 6.07 Å². The molecule has 0 aliphatic carbocycles. The Labute approximate surface area is 158 Å². The van der Waals surface area contributed by atoms with Crippen LogP contribution < -0.4 is 0 Å². The highest BCUT2D eigenvalue weighted by atomic mass is 16.5. The van der Waals surface area contributed by atoms with Crippen LogP contribution in [0.1, 0.15) is 34.2 Å². The van der Waals surface area contributed by atoms with Gasteiger partial charge >= 0.3 is 0 Å². The molecule has 1 aliphatic heterocycles. The topological polar surface area (TPSA) is 67.0 Å². The number of hydrogen-bond donors (Lipinski definition) is 0. The van der Waals surface area contributed by atoms with Gasteiger partial charge in [-0.1, -0.05) is 47.2 Å². The van der Waals surface area contributed by atoms with E-state index in [4.69, 9.17) is 10.00 Å². The van der Waals surface area contributed by atoms with Crippen molar-refractivity contribution in [1.82, 2.24) is 19.9 Å². The highest BCUT2D eigenvalue weighted by Gasteiger charge is 2.29. The molecular formula is C21H21N5O. The van der Waals surface area contributed by atoms with Crippen LogP contribution in [0.15, 0.2) is 54.7 Å². The zero-order valence-corrected chi connectivity index (χ0v) is 15.2. The summed E-state index contributed by atoms with van der Waals surface area (Å²) >= 11 is 0. The molecular weight excluding hydrogens is 338 g/mol. The lowest BCUT2D eigenvalue weighted by Crippen LogP contribution is -2.23. The predicted octanol–water partition coefficient (Wildman–Crippen LogP) is 3.04. The molecule has 0 N–H and O–H groups in total. The van der Waals surface area contributed by atoms with E-state index in [9.17, 15) is 0 Å². The fourth-order valence-corrected chi connectivity index (χ4v) is 3.30. The highest BCUT2D eigenvalue weighted by Crippen LogP contribution is 2.27. The van der Waals surface area contributed by atoms with Gasteiger partial charge in [0, 0.05) is 13.1 Å². The fourth-order valence-electron chi connectivity index (χ4n) is 3.30. The largest absolute Gasteiger partial charge is 0.356 e.